The summed E-state index contributed by atoms with van der Waals surface area (Å²) in [7, 11) is 0. The molecule has 0 aliphatic heterocycles. The lowest BCUT2D eigenvalue weighted by Gasteiger charge is -2.04. The summed E-state index contributed by atoms with van der Waals surface area (Å²) in [5, 5.41) is 13.4. The van der Waals surface area contributed by atoms with Gasteiger partial charge in [-0.3, -0.25) is 14.9 Å². The molecule has 1 aromatic carbocycles. The number of hydrogen-bond donors (Lipinski definition) is 2. The number of anilines is 1. The smallest absolute Gasteiger partial charge is 0.305 e. The minimum Gasteiger partial charge on any atom is -0.393 e. The van der Waals surface area contributed by atoms with E-state index in [1.54, 1.807) is 12.1 Å². The zero-order valence-electron chi connectivity index (χ0n) is 9.30. The number of nitro groups is 1. The minimum atomic E-state index is -0.532. The number of nitro benzene ring substituents is 1. The molecule has 7 heteroatoms. The lowest BCUT2D eigenvalue weighted by molar-refractivity contribution is -0.386. The summed E-state index contributed by atoms with van der Waals surface area (Å²) in [5.41, 5.74) is 5.50. The summed E-state index contributed by atoms with van der Waals surface area (Å²) in [6.07, 6.45) is 0. The minimum absolute atomic E-state index is 0.107. The van der Waals surface area contributed by atoms with E-state index in [0.29, 0.717) is 11.4 Å². The van der Waals surface area contributed by atoms with Crippen LogP contribution in [0.5, 0.6) is 0 Å². The Labute approximate surface area is 103 Å². The lowest BCUT2D eigenvalue weighted by atomic mass is 10.3. The highest BCUT2D eigenvalue weighted by Gasteiger charge is 2.18. The highest BCUT2D eigenvalue weighted by molar-refractivity contribution is 8.00. The number of hydrogen-bond acceptors (Lipinski definition) is 5. The van der Waals surface area contributed by atoms with Gasteiger partial charge in [-0.2, -0.15) is 0 Å². The number of nitrogens with one attached hydrogen (secondary N) is 1. The molecule has 0 saturated carbocycles. The number of carbonyl (C=O) groups is 1. The molecule has 92 valence electrons. The van der Waals surface area contributed by atoms with Gasteiger partial charge >= 0.3 is 5.69 Å². The third-order valence-corrected chi connectivity index (χ3v) is 2.99. The first kappa shape index (κ1) is 13.3. The molecular formula is C10H13N3O3S. The third kappa shape index (κ3) is 3.63. The van der Waals surface area contributed by atoms with Crippen molar-refractivity contribution < 1.29 is 9.72 Å². The molecule has 0 saturated heterocycles. The Balaban J connectivity index is 2.81. The Morgan fingerprint density at radius 3 is 2.88 bits per heavy atom. The molecule has 0 spiro atoms. The van der Waals surface area contributed by atoms with Crippen LogP contribution >= 0.6 is 11.8 Å². The molecule has 3 N–H and O–H groups in total. The maximum Gasteiger partial charge on any atom is 0.305 e. The van der Waals surface area contributed by atoms with Gasteiger partial charge in [0.2, 0.25) is 5.91 Å². The molecule has 0 radical (unpaired) electrons. The number of para-hydroxylation sites is 1. The van der Waals surface area contributed by atoms with E-state index in [2.05, 4.69) is 5.32 Å². The maximum absolute atomic E-state index is 11.2. The van der Waals surface area contributed by atoms with Crippen LogP contribution in [0.3, 0.4) is 0 Å². The molecule has 6 nitrogen and oxygen atoms in total. The fourth-order valence-electron chi connectivity index (χ4n) is 1.24. The standard InChI is InChI=1S/C10H13N3O3S/c1-2-12-9(14)6-17-8-5-3-4-7(11)10(8)13(15)16/h3-5H,2,6,11H2,1H3,(H,12,14). The van der Waals surface area contributed by atoms with Crippen LogP contribution in [0.15, 0.2) is 23.1 Å². The van der Waals surface area contributed by atoms with E-state index >= 15 is 0 Å². The number of rotatable bonds is 5. The van der Waals surface area contributed by atoms with Crippen LogP contribution in [0.25, 0.3) is 0 Å². The fraction of sp³-hybridized carbons (Fsp3) is 0.300. The first-order valence-corrected chi connectivity index (χ1v) is 5.97. The molecule has 0 fully saturated rings. The second-order valence-corrected chi connectivity index (χ2v) is 4.21. The molecule has 1 rings (SSSR count). The third-order valence-electron chi connectivity index (χ3n) is 1.95. The first-order chi connectivity index (χ1) is 8.06. The van der Waals surface area contributed by atoms with E-state index in [-0.39, 0.29) is 23.0 Å². The zero-order valence-corrected chi connectivity index (χ0v) is 10.1. The van der Waals surface area contributed by atoms with Gasteiger partial charge in [-0.25, -0.2) is 0 Å². The van der Waals surface area contributed by atoms with Crippen molar-refractivity contribution in [2.24, 2.45) is 0 Å². The van der Waals surface area contributed by atoms with Crippen molar-refractivity contribution in [3.8, 4) is 0 Å². The quantitative estimate of drug-likeness (QED) is 0.358. The molecule has 0 unspecified atom stereocenters. The van der Waals surface area contributed by atoms with Crippen molar-refractivity contribution in [3.63, 3.8) is 0 Å². The number of thioether (sulfide) groups is 1. The summed E-state index contributed by atoms with van der Waals surface area (Å²) >= 11 is 1.10. The number of nitrogens with two attached hydrogens (primary N) is 1. The van der Waals surface area contributed by atoms with Crippen LogP contribution in [-0.4, -0.2) is 23.1 Å². The van der Waals surface area contributed by atoms with Gasteiger partial charge in [0.05, 0.1) is 15.6 Å². The normalized spacial score (nSPS) is 9.94. The van der Waals surface area contributed by atoms with Crippen molar-refractivity contribution in [3.05, 3.63) is 28.3 Å². The van der Waals surface area contributed by atoms with Gasteiger partial charge in [0.25, 0.3) is 0 Å². The topological polar surface area (TPSA) is 98.3 Å². The summed E-state index contributed by atoms with van der Waals surface area (Å²) in [6, 6.07) is 4.68. The molecule has 17 heavy (non-hydrogen) atoms. The van der Waals surface area contributed by atoms with Crippen LogP contribution in [-0.2, 0) is 4.79 Å². The molecule has 0 aromatic heterocycles. The van der Waals surface area contributed by atoms with Gasteiger partial charge in [0.15, 0.2) is 0 Å². The Kier molecular flexibility index (Phi) is 4.77. The Bertz CT molecular complexity index is 437. The largest absolute Gasteiger partial charge is 0.393 e. The fourth-order valence-corrected chi connectivity index (χ4v) is 2.14. The molecular weight excluding hydrogens is 242 g/mol. The van der Waals surface area contributed by atoms with Crippen LogP contribution in [0, 0.1) is 10.1 Å². The molecule has 0 heterocycles. The predicted molar refractivity (Wildman–Crippen MR) is 66.9 cm³/mol. The summed E-state index contributed by atoms with van der Waals surface area (Å²) in [6.45, 7) is 2.35. The number of nitrogen functional groups attached to an aromatic ring is 1. The highest BCUT2D eigenvalue weighted by Crippen LogP contribution is 2.33. The van der Waals surface area contributed by atoms with Gasteiger partial charge in [0.1, 0.15) is 5.69 Å². The molecule has 1 amide bonds. The lowest BCUT2D eigenvalue weighted by Crippen LogP contribution is -2.24. The maximum atomic E-state index is 11.2. The van der Waals surface area contributed by atoms with Gasteiger partial charge in [-0.15, -0.1) is 11.8 Å². The average Bonchev–Trinajstić information content (AvgIpc) is 2.26. The predicted octanol–water partition coefficient (Wildman–Crippen LogP) is 1.41. The van der Waals surface area contributed by atoms with E-state index in [1.807, 2.05) is 6.92 Å². The Morgan fingerprint density at radius 2 is 2.29 bits per heavy atom. The second-order valence-electron chi connectivity index (χ2n) is 3.19. The van der Waals surface area contributed by atoms with Crippen molar-refractivity contribution >= 4 is 29.0 Å². The van der Waals surface area contributed by atoms with Gasteiger partial charge < -0.3 is 11.1 Å². The summed E-state index contributed by atoms with van der Waals surface area (Å²) in [4.78, 5) is 21.9. The van der Waals surface area contributed by atoms with Crippen molar-refractivity contribution in [1.29, 1.82) is 0 Å². The Hall–Kier alpha value is -1.76. The van der Waals surface area contributed by atoms with Crippen molar-refractivity contribution in [2.75, 3.05) is 18.0 Å². The van der Waals surface area contributed by atoms with E-state index in [9.17, 15) is 14.9 Å². The zero-order chi connectivity index (χ0) is 12.8. The van der Waals surface area contributed by atoms with Crippen molar-refractivity contribution in [2.45, 2.75) is 11.8 Å². The van der Waals surface area contributed by atoms with Crippen LogP contribution < -0.4 is 11.1 Å². The van der Waals surface area contributed by atoms with E-state index < -0.39 is 4.92 Å². The van der Waals surface area contributed by atoms with Crippen LogP contribution in [0.2, 0.25) is 0 Å². The van der Waals surface area contributed by atoms with E-state index in [0.717, 1.165) is 11.8 Å². The molecule has 0 aliphatic rings. The second kappa shape index (κ2) is 6.09. The highest BCUT2D eigenvalue weighted by atomic mass is 32.2. The SMILES string of the molecule is CCNC(=O)CSc1cccc(N)c1[N+](=O)[O-]. The molecule has 1 aromatic rings. The first-order valence-electron chi connectivity index (χ1n) is 4.98. The van der Waals surface area contributed by atoms with Crippen molar-refractivity contribution in [1.82, 2.24) is 5.32 Å². The van der Waals surface area contributed by atoms with Gasteiger partial charge in [-0.1, -0.05) is 6.07 Å². The number of benzene rings is 1. The van der Waals surface area contributed by atoms with Crippen LogP contribution in [0.4, 0.5) is 11.4 Å². The van der Waals surface area contributed by atoms with E-state index in [1.165, 1.54) is 6.07 Å². The average molecular weight is 255 g/mol. The van der Waals surface area contributed by atoms with Gasteiger partial charge in [0, 0.05) is 6.54 Å². The number of nitrogens with zero attached hydrogens (tertiary/aromatic N) is 1. The van der Waals surface area contributed by atoms with E-state index in [4.69, 9.17) is 5.73 Å². The summed E-state index contributed by atoms with van der Waals surface area (Å²) in [5.74, 6) is -0.0211. The monoisotopic (exact) mass is 255 g/mol. The number of carbonyl (C=O) groups excluding carboxylic acids is 1. The molecule has 0 atom stereocenters. The molecule has 0 bridgehead atoms. The molecule has 0 aliphatic carbocycles. The number of amides is 1. The summed E-state index contributed by atoms with van der Waals surface area (Å²) < 4.78 is 0. The van der Waals surface area contributed by atoms with Gasteiger partial charge in [-0.05, 0) is 19.1 Å². The van der Waals surface area contributed by atoms with Crippen LogP contribution in [0.1, 0.15) is 6.92 Å². The Morgan fingerprint density at radius 1 is 1.59 bits per heavy atom.